The Morgan fingerprint density at radius 2 is 0.956 bits per heavy atom. The smallest absolute Gasteiger partial charge is 0.0656 e. The molecule has 2 heteroatoms. The molecule has 0 aromatic heterocycles. The van der Waals surface area contributed by atoms with Crippen LogP contribution in [0.3, 0.4) is 0 Å². The predicted octanol–water partition coefficient (Wildman–Crippen LogP) is 11.3. The maximum absolute atomic E-state index is 2.47. The first-order valence-electron chi connectivity index (χ1n) is 16.4. The second kappa shape index (κ2) is 9.51. The lowest BCUT2D eigenvalue weighted by atomic mass is 9.78. The molecule has 0 fully saturated rings. The van der Waals surface area contributed by atoms with Crippen LogP contribution in [0.15, 0.2) is 109 Å². The predicted molar refractivity (Wildman–Crippen MR) is 205 cm³/mol. The largest absolute Gasteiger partial charge is 0.0775 e. The van der Waals surface area contributed by atoms with Crippen molar-refractivity contribution >= 4 is 58.8 Å². The second-order valence-corrected chi connectivity index (χ2v) is 26.0. The lowest BCUT2D eigenvalue weighted by Gasteiger charge is -2.25. The van der Waals surface area contributed by atoms with Gasteiger partial charge in [0.25, 0.3) is 0 Å². The van der Waals surface area contributed by atoms with E-state index in [1.54, 1.807) is 0 Å². The Bertz CT molecular complexity index is 2200. The Labute approximate surface area is 270 Å². The molecule has 0 unspecified atom stereocenters. The zero-order valence-electron chi connectivity index (χ0n) is 27.9. The minimum absolute atomic E-state index is 0.0563. The highest BCUT2D eigenvalue weighted by atomic mass is 28.3. The molecule has 222 valence electrons. The summed E-state index contributed by atoms with van der Waals surface area (Å²) in [5.41, 5.74) is 10.9. The van der Waals surface area contributed by atoms with Gasteiger partial charge in [0.1, 0.15) is 0 Å². The molecule has 0 nitrogen and oxygen atoms in total. The van der Waals surface area contributed by atoms with Crippen molar-refractivity contribution in [3.05, 3.63) is 120 Å². The Morgan fingerprint density at radius 3 is 1.51 bits per heavy atom. The van der Waals surface area contributed by atoms with Crippen LogP contribution < -0.4 is 10.4 Å². The summed E-state index contributed by atoms with van der Waals surface area (Å²) in [6.45, 7) is 19.4. The Balaban J connectivity index is 1.47. The Hall–Kier alpha value is -3.99. The summed E-state index contributed by atoms with van der Waals surface area (Å²) in [4.78, 5) is 0. The molecule has 1 aliphatic carbocycles. The Morgan fingerprint density at radius 1 is 0.444 bits per heavy atom. The van der Waals surface area contributed by atoms with E-state index in [4.69, 9.17) is 0 Å². The van der Waals surface area contributed by atoms with Crippen LogP contribution in [-0.2, 0) is 5.41 Å². The average Bonchev–Trinajstić information content (AvgIpc) is 3.25. The molecule has 0 aliphatic heterocycles. The van der Waals surface area contributed by atoms with Gasteiger partial charge in [-0.15, -0.1) is 0 Å². The average molecular weight is 615 g/mol. The van der Waals surface area contributed by atoms with Gasteiger partial charge in [-0.05, 0) is 89.0 Å². The van der Waals surface area contributed by atoms with Gasteiger partial charge in [-0.1, -0.05) is 161 Å². The quantitative estimate of drug-likeness (QED) is 0.137. The summed E-state index contributed by atoms with van der Waals surface area (Å²) in [6.07, 6.45) is 0. The molecule has 8 rings (SSSR count). The molecule has 7 aromatic rings. The number of benzene rings is 7. The van der Waals surface area contributed by atoms with E-state index in [2.05, 4.69) is 162 Å². The van der Waals surface area contributed by atoms with Crippen molar-refractivity contribution in [1.29, 1.82) is 0 Å². The van der Waals surface area contributed by atoms with Crippen molar-refractivity contribution in [1.82, 2.24) is 0 Å². The molecule has 0 heterocycles. The highest BCUT2D eigenvalue weighted by Gasteiger charge is 2.37. The molecule has 0 N–H and O–H groups in total. The van der Waals surface area contributed by atoms with Gasteiger partial charge < -0.3 is 0 Å². The first kappa shape index (κ1) is 28.5. The van der Waals surface area contributed by atoms with Crippen LogP contribution in [0.1, 0.15) is 25.0 Å². The fourth-order valence-corrected chi connectivity index (χ4v) is 10.4. The van der Waals surface area contributed by atoms with Gasteiger partial charge in [-0.2, -0.15) is 0 Å². The van der Waals surface area contributed by atoms with E-state index in [1.165, 1.54) is 87.2 Å². The van der Waals surface area contributed by atoms with E-state index in [-0.39, 0.29) is 5.41 Å². The number of hydrogen-bond acceptors (Lipinski definition) is 0. The molecule has 0 radical (unpaired) electrons. The molecule has 45 heavy (non-hydrogen) atoms. The van der Waals surface area contributed by atoms with Crippen LogP contribution in [0.4, 0.5) is 0 Å². The van der Waals surface area contributed by atoms with Gasteiger partial charge in [-0.25, -0.2) is 0 Å². The summed E-state index contributed by atoms with van der Waals surface area (Å²) < 4.78 is 0. The monoisotopic (exact) mass is 614 g/mol. The Kier molecular flexibility index (Phi) is 6.02. The fourth-order valence-electron chi connectivity index (χ4n) is 8.03. The molecule has 0 amide bonds. The van der Waals surface area contributed by atoms with Gasteiger partial charge in [0.15, 0.2) is 0 Å². The van der Waals surface area contributed by atoms with E-state index in [0.717, 1.165) is 0 Å². The topological polar surface area (TPSA) is 0 Å². The molecule has 0 spiro atoms. The first-order chi connectivity index (χ1) is 21.3. The number of hydrogen-bond donors (Lipinski definition) is 0. The third kappa shape index (κ3) is 4.22. The van der Waals surface area contributed by atoms with Crippen molar-refractivity contribution in [2.75, 3.05) is 0 Å². The fraction of sp³-hybridized carbons (Fsp3) is 0.209. The molecule has 0 atom stereocenters. The molecule has 7 aromatic carbocycles. The van der Waals surface area contributed by atoms with Crippen LogP contribution in [0, 0.1) is 0 Å². The zero-order chi connectivity index (χ0) is 31.5. The molecule has 0 saturated heterocycles. The van der Waals surface area contributed by atoms with Gasteiger partial charge in [0, 0.05) is 5.41 Å². The lowest BCUT2D eigenvalue weighted by molar-refractivity contribution is 0.666. The van der Waals surface area contributed by atoms with Crippen molar-refractivity contribution < 1.29 is 0 Å². The highest BCUT2D eigenvalue weighted by Crippen LogP contribution is 2.54. The third-order valence-corrected chi connectivity index (χ3v) is 14.7. The summed E-state index contributed by atoms with van der Waals surface area (Å²) in [6, 6.07) is 42.6. The zero-order valence-corrected chi connectivity index (χ0v) is 29.9. The van der Waals surface area contributed by atoms with Gasteiger partial charge >= 0.3 is 0 Å². The van der Waals surface area contributed by atoms with Crippen LogP contribution in [0.25, 0.3) is 65.7 Å². The molecular formula is C43H42Si2. The van der Waals surface area contributed by atoms with Crippen molar-refractivity contribution in [3.8, 4) is 33.4 Å². The van der Waals surface area contributed by atoms with Crippen molar-refractivity contribution in [2.24, 2.45) is 0 Å². The van der Waals surface area contributed by atoms with E-state index < -0.39 is 16.1 Å². The molecule has 1 aliphatic rings. The number of fused-ring (bicyclic) bond motifs is 4. The standard InChI is InChI=1S/C43H42Si2/c1-43(2)39-12-10-9-11-32(39)38-25-29-17-22-33-36(27-13-18-30(19-14-27)44(3,4)5)26-37(28-15-20-31(21-16-28)45(6,7)8)34-23-24-35(42(38)43)40(29)41(33)34/h9-26H,1-8H3. The van der Waals surface area contributed by atoms with Crippen LogP contribution in [0.2, 0.25) is 39.3 Å². The summed E-state index contributed by atoms with van der Waals surface area (Å²) >= 11 is 0. The van der Waals surface area contributed by atoms with E-state index in [0.29, 0.717) is 0 Å². The van der Waals surface area contributed by atoms with Crippen molar-refractivity contribution in [3.63, 3.8) is 0 Å². The van der Waals surface area contributed by atoms with Crippen LogP contribution >= 0.6 is 0 Å². The SMILES string of the molecule is CC1(C)c2ccccc2-c2cc3ccc4c(-c5ccc([Si](C)(C)C)cc5)cc(-c5ccc([Si](C)(C)C)cc5)c5ccc(c21)c3c45. The molecular weight excluding hydrogens is 573 g/mol. The minimum atomic E-state index is -1.40. The highest BCUT2D eigenvalue weighted by molar-refractivity contribution is 6.89. The van der Waals surface area contributed by atoms with E-state index in [9.17, 15) is 0 Å². The first-order valence-corrected chi connectivity index (χ1v) is 23.4. The summed E-state index contributed by atoms with van der Waals surface area (Å²) in [5, 5.41) is 11.2. The van der Waals surface area contributed by atoms with E-state index >= 15 is 0 Å². The summed E-state index contributed by atoms with van der Waals surface area (Å²) in [5.74, 6) is 0. The van der Waals surface area contributed by atoms with E-state index in [1.807, 2.05) is 0 Å². The molecule has 0 bridgehead atoms. The summed E-state index contributed by atoms with van der Waals surface area (Å²) in [7, 11) is -2.79. The van der Waals surface area contributed by atoms with Crippen LogP contribution in [0.5, 0.6) is 0 Å². The lowest BCUT2D eigenvalue weighted by Crippen LogP contribution is -2.37. The van der Waals surface area contributed by atoms with Crippen LogP contribution in [-0.4, -0.2) is 16.1 Å². The molecule has 0 saturated carbocycles. The second-order valence-electron chi connectivity index (χ2n) is 15.8. The van der Waals surface area contributed by atoms with Gasteiger partial charge in [-0.3, -0.25) is 0 Å². The van der Waals surface area contributed by atoms with Gasteiger partial charge in [0.2, 0.25) is 0 Å². The van der Waals surface area contributed by atoms with Gasteiger partial charge in [0.05, 0.1) is 16.1 Å². The van der Waals surface area contributed by atoms with Crippen molar-refractivity contribution in [2.45, 2.75) is 58.5 Å². The third-order valence-electron chi connectivity index (χ3n) is 10.5. The number of rotatable bonds is 4. The maximum Gasteiger partial charge on any atom is 0.0775 e. The minimum Gasteiger partial charge on any atom is -0.0656 e. The normalized spacial score (nSPS) is 14.4. The maximum atomic E-state index is 2.47.